The van der Waals surface area contributed by atoms with Gasteiger partial charge in [0.05, 0.1) is 10.5 Å². The van der Waals surface area contributed by atoms with Gasteiger partial charge in [0.1, 0.15) is 0 Å². The summed E-state index contributed by atoms with van der Waals surface area (Å²) in [5, 5.41) is 11.0. The largest absolute Gasteiger partial charge is 0.285 e. The predicted octanol–water partition coefficient (Wildman–Crippen LogP) is 3.20. The average molecular weight is 265 g/mol. The van der Waals surface area contributed by atoms with Gasteiger partial charge in [0.2, 0.25) is 5.78 Å². The van der Waals surface area contributed by atoms with E-state index in [0.29, 0.717) is 11.1 Å². The van der Waals surface area contributed by atoms with Crippen molar-refractivity contribution >= 4 is 11.5 Å². The van der Waals surface area contributed by atoms with Gasteiger partial charge in [0.25, 0.3) is 5.69 Å². The zero-order valence-corrected chi connectivity index (χ0v) is 10.8. The van der Waals surface area contributed by atoms with Gasteiger partial charge in [-0.25, -0.2) is 0 Å². The molecule has 4 nitrogen and oxygen atoms in total. The smallest absolute Gasteiger partial charge is 0.277 e. The van der Waals surface area contributed by atoms with Crippen LogP contribution in [0.4, 0.5) is 5.69 Å². The number of para-hydroxylation sites is 1. The maximum atomic E-state index is 11.0. The Morgan fingerprint density at radius 1 is 1.10 bits per heavy atom. The van der Waals surface area contributed by atoms with Gasteiger partial charge in [-0.15, -0.1) is 0 Å². The predicted molar refractivity (Wildman–Crippen MR) is 76.1 cm³/mol. The van der Waals surface area contributed by atoms with Crippen molar-refractivity contribution in [1.29, 1.82) is 0 Å². The average Bonchev–Trinajstić information content (AvgIpc) is 2.45. The van der Waals surface area contributed by atoms with Crippen LogP contribution in [0.25, 0.3) is 11.1 Å². The molecule has 0 aliphatic carbocycles. The Morgan fingerprint density at radius 2 is 1.75 bits per heavy atom. The summed E-state index contributed by atoms with van der Waals surface area (Å²) in [6.07, 6.45) is 0. The number of carbonyl (C=O) groups excluding carboxylic acids is 1. The van der Waals surface area contributed by atoms with Crippen molar-refractivity contribution in [3.8, 4) is 23.0 Å². The maximum Gasteiger partial charge on any atom is 0.277 e. The second kappa shape index (κ2) is 5.81. The second-order valence-electron chi connectivity index (χ2n) is 4.16. The molecule has 0 atom stereocenters. The number of benzene rings is 2. The normalized spacial score (nSPS) is 9.45. The molecule has 2 rings (SSSR count). The van der Waals surface area contributed by atoms with Crippen molar-refractivity contribution in [2.75, 3.05) is 0 Å². The van der Waals surface area contributed by atoms with Crippen LogP contribution in [0.1, 0.15) is 12.5 Å². The molecule has 0 radical (unpaired) electrons. The molecular weight excluding hydrogens is 254 g/mol. The third-order valence-corrected chi connectivity index (χ3v) is 2.68. The number of hydrogen-bond donors (Lipinski definition) is 0. The number of ketones is 1. The molecule has 2 aromatic rings. The van der Waals surface area contributed by atoms with Gasteiger partial charge < -0.3 is 0 Å². The summed E-state index contributed by atoms with van der Waals surface area (Å²) in [6.45, 7) is 1.40. The van der Waals surface area contributed by atoms with E-state index in [0.717, 1.165) is 5.56 Å². The van der Waals surface area contributed by atoms with Gasteiger partial charge in [-0.3, -0.25) is 14.9 Å². The van der Waals surface area contributed by atoms with Gasteiger partial charge >= 0.3 is 0 Å². The number of rotatable bonds is 2. The quantitative estimate of drug-likeness (QED) is 0.476. The number of nitro benzene ring substituents is 1. The number of nitrogens with zero attached hydrogens (tertiary/aromatic N) is 1. The Labute approximate surface area is 116 Å². The van der Waals surface area contributed by atoms with Crippen LogP contribution in [0.15, 0.2) is 48.5 Å². The zero-order chi connectivity index (χ0) is 14.5. The fourth-order valence-electron chi connectivity index (χ4n) is 1.77. The van der Waals surface area contributed by atoms with Crippen molar-refractivity contribution < 1.29 is 9.72 Å². The van der Waals surface area contributed by atoms with Gasteiger partial charge in [0, 0.05) is 18.6 Å². The molecule has 0 unspecified atom stereocenters. The minimum absolute atomic E-state index is 0.0649. The van der Waals surface area contributed by atoms with E-state index in [1.807, 2.05) is 0 Å². The summed E-state index contributed by atoms with van der Waals surface area (Å²) in [5.74, 6) is 4.98. The minimum atomic E-state index is -0.404. The van der Waals surface area contributed by atoms with Crippen LogP contribution in [0.3, 0.4) is 0 Å². The summed E-state index contributed by atoms with van der Waals surface area (Å²) < 4.78 is 0. The van der Waals surface area contributed by atoms with E-state index in [1.165, 1.54) is 13.0 Å². The molecule has 0 saturated heterocycles. The molecule has 4 heteroatoms. The Balaban J connectivity index is 2.39. The van der Waals surface area contributed by atoms with E-state index in [1.54, 1.807) is 42.5 Å². The summed E-state index contributed by atoms with van der Waals surface area (Å²) >= 11 is 0. The van der Waals surface area contributed by atoms with E-state index < -0.39 is 4.92 Å². The van der Waals surface area contributed by atoms with Gasteiger partial charge in [-0.2, -0.15) is 0 Å². The first-order chi connectivity index (χ1) is 9.58. The van der Waals surface area contributed by atoms with Crippen molar-refractivity contribution in [3.05, 3.63) is 64.2 Å². The fraction of sp³-hybridized carbons (Fsp3) is 0.0625. The first-order valence-corrected chi connectivity index (χ1v) is 5.94. The Bertz CT molecular complexity index is 721. The standard InChI is InChI=1S/C16H11NO3/c1-12(18)6-7-13-8-10-14(11-9-13)15-4-2-3-5-16(15)17(19)20/h2-5,8-11H,1H3. The van der Waals surface area contributed by atoms with Crippen LogP contribution in [-0.2, 0) is 4.79 Å². The number of nitro groups is 1. The van der Waals surface area contributed by atoms with Gasteiger partial charge in [0.15, 0.2) is 0 Å². The molecule has 0 aliphatic heterocycles. The lowest BCUT2D eigenvalue weighted by Crippen LogP contribution is -1.91. The molecule has 0 aromatic heterocycles. The zero-order valence-electron chi connectivity index (χ0n) is 10.8. The van der Waals surface area contributed by atoms with Crippen LogP contribution >= 0.6 is 0 Å². The first kappa shape index (κ1) is 13.5. The highest BCUT2D eigenvalue weighted by atomic mass is 16.6. The van der Waals surface area contributed by atoms with Gasteiger partial charge in [-0.05, 0) is 29.7 Å². The topological polar surface area (TPSA) is 60.2 Å². The Morgan fingerprint density at radius 3 is 2.35 bits per heavy atom. The molecule has 0 heterocycles. The molecule has 0 fully saturated rings. The van der Waals surface area contributed by atoms with E-state index >= 15 is 0 Å². The van der Waals surface area contributed by atoms with Crippen LogP contribution in [0.2, 0.25) is 0 Å². The van der Waals surface area contributed by atoms with Gasteiger partial charge in [-0.1, -0.05) is 30.2 Å². The monoisotopic (exact) mass is 265 g/mol. The molecule has 0 N–H and O–H groups in total. The van der Waals surface area contributed by atoms with Crippen molar-refractivity contribution in [3.63, 3.8) is 0 Å². The van der Waals surface area contributed by atoms with Crippen LogP contribution in [0.5, 0.6) is 0 Å². The lowest BCUT2D eigenvalue weighted by Gasteiger charge is -2.02. The molecule has 0 bridgehead atoms. The highest BCUT2D eigenvalue weighted by molar-refractivity contribution is 5.93. The van der Waals surface area contributed by atoms with Crippen molar-refractivity contribution in [1.82, 2.24) is 0 Å². The lowest BCUT2D eigenvalue weighted by atomic mass is 10.0. The maximum absolute atomic E-state index is 11.0. The third kappa shape index (κ3) is 3.09. The molecule has 20 heavy (non-hydrogen) atoms. The third-order valence-electron chi connectivity index (χ3n) is 2.68. The molecule has 0 spiro atoms. The highest BCUT2D eigenvalue weighted by Crippen LogP contribution is 2.29. The van der Waals surface area contributed by atoms with E-state index in [-0.39, 0.29) is 11.5 Å². The summed E-state index contributed by atoms with van der Waals surface area (Å²) in [6, 6.07) is 13.6. The number of Topliss-reactive ketones (excluding diaryl/α,β-unsaturated/α-hetero) is 1. The minimum Gasteiger partial charge on any atom is -0.285 e. The summed E-state index contributed by atoms with van der Waals surface area (Å²) in [7, 11) is 0. The summed E-state index contributed by atoms with van der Waals surface area (Å²) in [5.41, 5.74) is 2.06. The summed E-state index contributed by atoms with van der Waals surface area (Å²) in [4.78, 5) is 21.4. The fourth-order valence-corrected chi connectivity index (χ4v) is 1.77. The number of carbonyl (C=O) groups is 1. The lowest BCUT2D eigenvalue weighted by molar-refractivity contribution is -0.384. The van der Waals surface area contributed by atoms with Crippen LogP contribution in [0, 0.1) is 22.0 Å². The van der Waals surface area contributed by atoms with Crippen molar-refractivity contribution in [2.24, 2.45) is 0 Å². The SMILES string of the molecule is CC(=O)C#Cc1ccc(-c2ccccc2[N+](=O)[O-])cc1. The Kier molecular flexibility index (Phi) is 3.92. The van der Waals surface area contributed by atoms with E-state index in [9.17, 15) is 14.9 Å². The molecule has 0 saturated carbocycles. The molecule has 0 aliphatic rings. The molecular formula is C16H11NO3. The van der Waals surface area contributed by atoms with E-state index in [2.05, 4.69) is 11.8 Å². The molecule has 2 aromatic carbocycles. The van der Waals surface area contributed by atoms with E-state index in [4.69, 9.17) is 0 Å². The van der Waals surface area contributed by atoms with Crippen LogP contribution < -0.4 is 0 Å². The second-order valence-corrected chi connectivity index (χ2v) is 4.16. The van der Waals surface area contributed by atoms with Crippen LogP contribution in [-0.4, -0.2) is 10.7 Å². The first-order valence-electron chi connectivity index (χ1n) is 5.94. The Hall–Kier alpha value is -2.93. The highest BCUT2D eigenvalue weighted by Gasteiger charge is 2.13. The molecule has 0 amide bonds. The van der Waals surface area contributed by atoms with Crippen molar-refractivity contribution in [2.45, 2.75) is 6.92 Å². The number of hydrogen-bond acceptors (Lipinski definition) is 3. The molecule has 98 valence electrons.